The Balaban J connectivity index is 1.29. The predicted octanol–water partition coefficient (Wildman–Crippen LogP) is 3.96. The number of hydrogen-bond donors (Lipinski definition) is 3. The van der Waals surface area contributed by atoms with Gasteiger partial charge in [-0.25, -0.2) is 15.0 Å². The van der Waals surface area contributed by atoms with E-state index in [-0.39, 0.29) is 0 Å². The molecule has 3 aromatic heterocycles. The van der Waals surface area contributed by atoms with E-state index >= 15 is 0 Å². The Morgan fingerprint density at radius 1 is 1.06 bits per heavy atom. The zero-order valence-corrected chi connectivity index (χ0v) is 19.2. The number of piperidine rings is 1. The standard InChI is InChI=1S/C25H30N8O/c26-24-23(30-20(13-28-24)17-12-29-33(14-17)18-8-10-27-11-9-18)25-31-19-6-3-7-21(22(19)32-25)34-15-16-4-1-2-5-16/h3,6-7,12-14,16,18,27H,1-2,4-5,8-11,15H2,(H2,26,28)(H,31,32). The van der Waals surface area contributed by atoms with Crippen LogP contribution in [-0.4, -0.2) is 49.4 Å². The fourth-order valence-corrected chi connectivity index (χ4v) is 5.07. The van der Waals surface area contributed by atoms with Gasteiger partial charge in [0.15, 0.2) is 11.6 Å². The summed E-state index contributed by atoms with van der Waals surface area (Å²) in [5.41, 5.74) is 10.1. The quantitative estimate of drug-likeness (QED) is 0.400. The maximum atomic E-state index is 6.23. The number of aromatic nitrogens is 6. The van der Waals surface area contributed by atoms with E-state index in [4.69, 9.17) is 20.4 Å². The van der Waals surface area contributed by atoms with E-state index in [1.165, 1.54) is 25.7 Å². The van der Waals surface area contributed by atoms with Crippen LogP contribution in [0.1, 0.15) is 44.6 Å². The molecule has 6 rings (SSSR count). The van der Waals surface area contributed by atoms with Crippen molar-refractivity contribution in [2.24, 2.45) is 5.92 Å². The number of rotatable bonds is 6. The van der Waals surface area contributed by atoms with E-state index in [0.717, 1.165) is 60.6 Å². The van der Waals surface area contributed by atoms with Crippen LogP contribution in [0.3, 0.4) is 0 Å². The van der Waals surface area contributed by atoms with Crippen LogP contribution in [0.2, 0.25) is 0 Å². The molecule has 0 bridgehead atoms. The minimum atomic E-state index is 0.335. The molecule has 9 nitrogen and oxygen atoms in total. The summed E-state index contributed by atoms with van der Waals surface area (Å²) < 4.78 is 8.22. The molecule has 1 aromatic carbocycles. The first-order valence-corrected chi connectivity index (χ1v) is 12.2. The van der Waals surface area contributed by atoms with Crippen molar-refractivity contribution in [2.45, 2.75) is 44.6 Å². The smallest absolute Gasteiger partial charge is 0.161 e. The molecule has 1 aliphatic heterocycles. The van der Waals surface area contributed by atoms with Crippen molar-refractivity contribution in [3.63, 3.8) is 0 Å². The number of nitrogens with two attached hydrogens (primary N) is 1. The number of nitrogens with one attached hydrogen (secondary N) is 2. The molecule has 0 spiro atoms. The molecule has 1 aliphatic carbocycles. The van der Waals surface area contributed by atoms with Gasteiger partial charge in [0, 0.05) is 11.8 Å². The van der Waals surface area contributed by atoms with Crippen molar-refractivity contribution < 1.29 is 4.74 Å². The van der Waals surface area contributed by atoms with Crippen LogP contribution in [0, 0.1) is 5.92 Å². The number of fused-ring (bicyclic) bond motifs is 1. The van der Waals surface area contributed by atoms with Crippen LogP contribution in [0.4, 0.5) is 5.82 Å². The third-order valence-corrected chi connectivity index (χ3v) is 7.03. The van der Waals surface area contributed by atoms with Crippen LogP contribution >= 0.6 is 0 Å². The van der Waals surface area contributed by atoms with E-state index in [1.807, 2.05) is 35.3 Å². The Labute approximate surface area is 198 Å². The number of nitrogens with zero attached hydrogens (tertiary/aromatic N) is 5. The second-order valence-electron chi connectivity index (χ2n) is 9.38. The van der Waals surface area contributed by atoms with E-state index in [1.54, 1.807) is 6.20 Å². The highest BCUT2D eigenvalue weighted by Crippen LogP contribution is 2.31. The van der Waals surface area contributed by atoms with Gasteiger partial charge in [-0.15, -0.1) is 0 Å². The molecule has 4 aromatic rings. The Morgan fingerprint density at radius 2 is 1.91 bits per heavy atom. The number of aromatic amines is 1. The van der Waals surface area contributed by atoms with Crippen molar-refractivity contribution in [1.82, 2.24) is 35.0 Å². The number of imidazole rings is 1. The average molecular weight is 459 g/mol. The molecule has 1 saturated carbocycles. The van der Waals surface area contributed by atoms with Crippen LogP contribution in [0.5, 0.6) is 5.75 Å². The molecule has 0 amide bonds. The summed E-state index contributed by atoms with van der Waals surface area (Å²) >= 11 is 0. The lowest BCUT2D eigenvalue weighted by Crippen LogP contribution is -2.29. The Morgan fingerprint density at radius 3 is 2.76 bits per heavy atom. The molecular formula is C25H30N8O. The number of para-hydroxylation sites is 1. The van der Waals surface area contributed by atoms with Crippen molar-refractivity contribution in [3.8, 4) is 28.5 Å². The van der Waals surface area contributed by atoms with Gasteiger partial charge in [0.1, 0.15) is 17.0 Å². The summed E-state index contributed by atoms with van der Waals surface area (Å²) in [6.07, 6.45) is 12.8. The largest absolute Gasteiger partial charge is 0.491 e. The fraction of sp³-hybridized carbons (Fsp3) is 0.440. The van der Waals surface area contributed by atoms with Crippen LogP contribution in [0.25, 0.3) is 33.8 Å². The minimum absolute atomic E-state index is 0.335. The molecule has 34 heavy (non-hydrogen) atoms. The molecule has 0 atom stereocenters. The van der Waals surface area contributed by atoms with E-state index < -0.39 is 0 Å². The monoisotopic (exact) mass is 458 g/mol. The second kappa shape index (κ2) is 9.06. The maximum Gasteiger partial charge on any atom is 0.161 e. The van der Waals surface area contributed by atoms with Gasteiger partial charge in [0.2, 0.25) is 0 Å². The summed E-state index contributed by atoms with van der Waals surface area (Å²) in [7, 11) is 0. The number of hydrogen-bond acceptors (Lipinski definition) is 7. The minimum Gasteiger partial charge on any atom is -0.491 e. The lowest BCUT2D eigenvalue weighted by Gasteiger charge is -2.22. The summed E-state index contributed by atoms with van der Waals surface area (Å²) in [4.78, 5) is 17.4. The lowest BCUT2D eigenvalue weighted by molar-refractivity contribution is 0.254. The molecule has 0 radical (unpaired) electrons. The molecule has 4 heterocycles. The highest BCUT2D eigenvalue weighted by Gasteiger charge is 2.20. The van der Waals surface area contributed by atoms with E-state index in [0.29, 0.717) is 29.3 Å². The molecular weight excluding hydrogens is 428 g/mol. The molecule has 2 fully saturated rings. The summed E-state index contributed by atoms with van der Waals surface area (Å²) in [5.74, 6) is 2.35. The van der Waals surface area contributed by atoms with Gasteiger partial charge >= 0.3 is 0 Å². The number of benzene rings is 1. The summed E-state index contributed by atoms with van der Waals surface area (Å²) in [5, 5.41) is 7.99. The molecule has 176 valence electrons. The van der Waals surface area contributed by atoms with Gasteiger partial charge in [-0.05, 0) is 56.8 Å². The van der Waals surface area contributed by atoms with E-state index in [9.17, 15) is 0 Å². The van der Waals surface area contributed by atoms with Gasteiger partial charge in [0.05, 0.1) is 36.3 Å². The average Bonchev–Trinajstić information content (AvgIpc) is 3.64. The first-order valence-electron chi connectivity index (χ1n) is 12.2. The molecule has 0 unspecified atom stereocenters. The van der Waals surface area contributed by atoms with Crippen LogP contribution < -0.4 is 15.8 Å². The van der Waals surface area contributed by atoms with Crippen molar-refractivity contribution in [3.05, 3.63) is 36.8 Å². The maximum absolute atomic E-state index is 6.23. The Kier molecular flexibility index (Phi) is 5.62. The van der Waals surface area contributed by atoms with Gasteiger partial charge < -0.3 is 20.8 Å². The lowest BCUT2D eigenvalue weighted by atomic mass is 10.1. The van der Waals surface area contributed by atoms with Gasteiger partial charge in [-0.2, -0.15) is 5.10 Å². The highest BCUT2D eigenvalue weighted by atomic mass is 16.5. The summed E-state index contributed by atoms with van der Waals surface area (Å²) in [6, 6.07) is 6.36. The Hall–Kier alpha value is -3.46. The number of ether oxygens (including phenoxy) is 1. The normalized spacial score (nSPS) is 17.5. The van der Waals surface area contributed by atoms with E-state index in [2.05, 4.69) is 20.4 Å². The molecule has 4 N–H and O–H groups in total. The van der Waals surface area contributed by atoms with Crippen molar-refractivity contribution in [1.29, 1.82) is 0 Å². The van der Waals surface area contributed by atoms with Gasteiger partial charge in [-0.1, -0.05) is 18.9 Å². The molecule has 1 saturated heterocycles. The number of nitrogen functional groups attached to an aromatic ring is 1. The third-order valence-electron chi connectivity index (χ3n) is 7.03. The van der Waals surface area contributed by atoms with Crippen molar-refractivity contribution >= 4 is 16.9 Å². The van der Waals surface area contributed by atoms with Gasteiger partial charge in [0.25, 0.3) is 0 Å². The SMILES string of the molecule is Nc1ncc(-c2cnn(C3CCNCC3)c2)nc1-c1nc2c(OCC3CCCC3)cccc2[nH]1. The predicted molar refractivity (Wildman–Crippen MR) is 131 cm³/mol. The van der Waals surface area contributed by atoms with Crippen molar-refractivity contribution in [2.75, 3.05) is 25.4 Å². The first kappa shape index (κ1) is 21.1. The fourth-order valence-electron chi connectivity index (χ4n) is 5.07. The summed E-state index contributed by atoms with van der Waals surface area (Å²) in [6.45, 7) is 2.77. The first-order chi connectivity index (χ1) is 16.7. The third kappa shape index (κ3) is 4.11. The second-order valence-corrected chi connectivity index (χ2v) is 9.38. The Bertz CT molecular complexity index is 1280. The van der Waals surface area contributed by atoms with Crippen LogP contribution in [0.15, 0.2) is 36.8 Å². The zero-order chi connectivity index (χ0) is 22.9. The molecule has 9 heteroatoms. The number of H-pyrrole nitrogens is 1. The topological polar surface area (TPSA) is 120 Å². The number of anilines is 1. The van der Waals surface area contributed by atoms with Gasteiger partial charge in [-0.3, -0.25) is 4.68 Å². The van der Waals surface area contributed by atoms with Crippen LogP contribution in [-0.2, 0) is 0 Å². The highest BCUT2D eigenvalue weighted by molar-refractivity contribution is 5.85. The zero-order valence-electron chi connectivity index (χ0n) is 19.2. The molecule has 2 aliphatic rings.